The molecule has 2 unspecified atom stereocenters. The van der Waals surface area contributed by atoms with Gasteiger partial charge in [-0.05, 0) is 37.3 Å². The summed E-state index contributed by atoms with van der Waals surface area (Å²) in [5, 5.41) is 19.0. The third kappa shape index (κ3) is 2.89. The summed E-state index contributed by atoms with van der Waals surface area (Å²) in [5.41, 5.74) is 1.10. The molecular formula is C18H16N2O3. The van der Waals surface area contributed by atoms with Crippen LogP contribution in [0.4, 0.5) is 0 Å². The van der Waals surface area contributed by atoms with Gasteiger partial charge in [-0.2, -0.15) is 5.26 Å². The minimum atomic E-state index is -0.702. The first-order chi connectivity index (χ1) is 11.1. The number of rotatable bonds is 4. The zero-order valence-corrected chi connectivity index (χ0v) is 12.6. The molecule has 0 saturated heterocycles. The maximum absolute atomic E-state index is 12.4. The van der Waals surface area contributed by atoms with Crippen molar-refractivity contribution < 1.29 is 14.6 Å². The van der Waals surface area contributed by atoms with Gasteiger partial charge in [0.1, 0.15) is 17.5 Å². The number of aliphatic hydroxyl groups excluding tert-OH is 1. The normalized spacial score (nSPS) is 17.5. The quantitative estimate of drug-likeness (QED) is 0.942. The molecule has 0 aromatic heterocycles. The monoisotopic (exact) mass is 308 g/mol. The highest BCUT2D eigenvalue weighted by Crippen LogP contribution is 2.36. The van der Waals surface area contributed by atoms with Gasteiger partial charge in [-0.15, -0.1) is 0 Å². The summed E-state index contributed by atoms with van der Waals surface area (Å²) in [6, 6.07) is 15.8. The van der Waals surface area contributed by atoms with Crippen molar-refractivity contribution in [2.24, 2.45) is 0 Å². The predicted octanol–water partition coefficient (Wildman–Crippen LogP) is 2.88. The van der Waals surface area contributed by atoms with Crippen molar-refractivity contribution in [1.82, 2.24) is 4.90 Å². The van der Waals surface area contributed by atoms with Crippen molar-refractivity contribution in [1.29, 1.82) is 5.26 Å². The molecule has 5 nitrogen and oxygen atoms in total. The molecule has 0 fully saturated rings. The van der Waals surface area contributed by atoms with Crippen LogP contribution in [0.15, 0.2) is 48.5 Å². The minimum absolute atomic E-state index is 0.126. The Morgan fingerprint density at radius 2 is 2.00 bits per heavy atom. The van der Waals surface area contributed by atoms with E-state index in [1.54, 1.807) is 25.1 Å². The molecule has 1 amide bonds. The van der Waals surface area contributed by atoms with Crippen LogP contribution in [-0.4, -0.2) is 28.6 Å². The van der Waals surface area contributed by atoms with E-state index < -0.39 is 12.1 Å². The van der Waals surface area contributed by atoms with Gasteiger partial charge in [0.15, 0.2) is 0 Å². The molecule has 0 saturated carbocycles. The van der Waals surface area contributed by atoms with Crippen molar-refractivity contribution in [3.05, 3.63) is 59.7 Å². The van der Waals surface area contributed by atoms with Crippen molar-refractivity contribution in [3.8, 4) is 17.6 Å². The molecule has 3 rings (SSSR count). The van der Waals surface area contributed by atoms with Gasteiger partial charge in [-0.25, -0.2) is 0 Å². The number of carbonyl (C=O) groups is 1. The van der Waals surface area contributed by atoms with Gasteiger partial charge in [0.05, 0.1) is 12.2 Å². The highest BCUT2D eigenvalue weighted by molar-refractivity contribution is 6.00. The molecular weight excluding hydrogens is 292 g/mol. The van der Waals surface area contributed by atoms with Crippen LogP contribution >= 0.6 is 0 Å². The number of hydrogen-bond donors (Lipinski definition) is 1. The first-order valence-corrected chi connectivity index (χ1v) is 7.35. The second-order valence-corrected chi connectivity index (χ2v) is 5.50. The third-order valence-corrected chi connectivity index (χ3v) is 3.68. The van der Waals surface area contributed by atoms with Crippen molar-refractivity contribution in [2.45, 2.75) is 19.1 Å². The first-order valence-electron chi connectivity index (χ1n) is 7.35. The Balaban J connectivity index is 1.92. The lowest BCUT2D eigenvalue weighted by molar-refractivity contribution is 0.0641. The van der Waals surface area contributed by atoms with E-state index in [2.05, 4.69) is 6.07 Å². The predicted molar refractivity (Wildman–Crippen MR) is 84.0 cm³/mol. The maximum Gasteiger partial charge on any atom is 0.255 e. The number of β-amino-alcohol motifs (C(OH)–C–C–N with tert-alkyl or cyclic N) is 1. The number of aliphatic hydroxyl groups is 1. The van der Waals surface area contributed by atoms with E-state index >= 15 is 0 Å². The van der Waals surface area contributed by atoms with Gasteiger partial charge >= 0.3 is 0 Å². The Hall–Kier alpha value is -2.84. The molecule has 1 aliphatic rings. The van der Waals surface area contributed by atoms with E-state index in [-0.39, 0.29) is 12.5 Å². The fourth-order valence-corrected chi connectivity index (χ4v) is 2.70. The molecule has 1 aliphatic heterocycles. The zero-order chi connectivity index (χ0) is 16.4. The van der Waals surface area contributed by atoms with Crippen molar-refractivity contribution in [2.75, 3.05) is 6.54 Å². The Morgan fingerprint density at radius 3 is 2.65 bits per heavy atom. The number of carbonyl (C=O) groups excluding carboxylic acids is 1. The average Bonchev–Trinajstić information content (AvgIpc) is 2.79. The number of para-hydroxylation sites is 1. The Kier molecular flexibility index (Phi) is 4.00. The van der Waals surface area contributed by atoms with E-state index in [1.165, 1.54) is 4.90 Å². The highest BCUT2D eigenvalue weighted by Gasteiger charge is 2.37. The molecule has 1 heterocycles. The number of nitrogens with zero attached hydrogens (tertiary/aromatic N) is 2. The maximum atomic E-state index is 12.4. The van der Waals surface area contributed by atoms with E-state index in [0.29, 0.717) is 22.6 Å². The standard InChI is InChI=1S/C18H16N2O3/c1-12(21)11-20-17(10-19)16-9-14(7-8-15(16)18(20)22)23-13-5-3-2-4-6-13/h2-9,12,17,21H,11H2,1H3. The van der Waals surface area contributed by atoms with Crippen LogP contribution < -0.4 is 4.74 Å². The van der Waals surface area contributed by atoms with E-state index in [9.17, 15) is 15.2 Å². The summed E-state index contributed by atoms with van der Waals surface area (Å²) in [6.07, 6.45) is -0.691. The number of benzene rings is 2. The topological polar surface area (TPSA) is 73.6 Å². The first kappa shape index (κ1) is 15.1. The molecule has 0 spiro atoms. The van der Waals surface area contributed by atoms with Crippen LogP contribution in [0.5, 0.6) is 11.5 Å². The van der Waals surface area contributed by atoms with Crippen LogP contribution in [0.3, 0.4) is 0 Å². The Morgan fingerprint density at radius 1 is 1.26 bits per heavy atom. The highest BCUT2D eigenvalue weighted by atomic mass is 16.5. The zero-order valence-electron chi connectivity index (χ0n) is 12.6. The van der Waals surface area contributed by atoms with Gasteiger partial charge in [-0.3, -0.25) is 4.79 Å². The number of fused-ring (bicyclic) bond motifs is 1. The second-order valence-electron chi connectivity index (χ2n) is 5.50. The van der Waals surface area contributed by atoms with E-state index in [0.717, 1.165) is 0 Å². The van der Waals surface area contributed by atoms with Gasteiger partial charge in [0, 0.05) is 17.7 Å². The fraction of sp³-hybridized carbons (Fsp3) is 0.222. The summed E-state index contributed by atoms with van der Waals surface area (Å²) in [6.45, 7) is 1.72. The number of ether oxygens (including phenoxy) is 1. The van der Waals surface area contributed by atoms with Crippen molar-refractivity contribution in [3.63, 3.8) is 0 Å². The van der Waals surface area contributed by atoms with Gasteiger partial charge in [-0.1, -0.05) is 18.2 Å². The lowest BCUT2D eigenvalue weighted by Gasteiger charge is -2.21. The largest absolute Gasteiger partial charge is 0.457 e. The lowest BCUT2D eigenvalue weighted by atomic mass is 10.1. The molecule has 0 bridgehead atoms. The Bertz CT molecular complexity index is 766. The number of amides is 1. The summed E-state index contributed by atoms with van der Waals surface area (Å²) in [4.78, 5) is 13.8. The molecule has 116 valence electrons. The smallest absolute Gasteiger partial charge is 0.255 e. The molecule has 5 heteroatoms. The van der Waals surface area contributed by atoms with E-state index in [1.807, 2.05) is 30.3 Å². The summed E-state index contributed by atoms with van der Waals surface area (Å²) < 4.78 is 5.76. The molecule has 0 radical (unpaired) electrons. The molecule has 2 atom stereocenters. The average molecular weight is 308 g/mol. The van der Waals surface area contributed by atoms with Gasteiger partial charge in [0.25, 0.3) is 5.91 Å². The molecule has 2 aromatic carbocycles. The lowest BCUT2D eigenvalue weighted by Crippen LogP contribution is -2.33. The summed E-state index contributed by atoms with van der Waals surface area (Å²) in [7, 11) is 0. The van der Waals surface area contributed by atoms with Gasteiger partial charge in [0.2, 0.25) is 0 Å². The van der Waals surface area contributed by atoms with Crippen LogP contribution in [0.25, 0.3) is 0 Å². The molecule has 2 aromatic rings. The van der Waals surface area contributed by atoms with Crippen molar-refractivity contribution >= 4 is 5.91 Å². The van der Waals surface area contributed by atoms with Gasteiger partial charge < -0.3 is 14.7 Å². The van der Waals surface area contributed by atoms with Crippen LogP contribution in [0, 0.1) is 11.3 Å². The Labute approximate surface area is 134 Å². The van der Waals surface area contributed by atoms with Crippen LogP contribution in [0.2, 0.25) is 0 Å². The summed E-state index contributed by atoms with van der Waals surface area (Å²) in [5.74, 6) is 1.02. The van der Waals surface area contributed by atoms with Crippen LogP contribution in [-0.2, 0) is 0 Å². The second kappa shape index (κ2) is 6.11. The fourth-order valence-electron chi connectivity index (χ4n) is 2.70. The molecule has 1 N–H and O–H groups in total. The van der Waals surface area contributed by atoms with Crippen LogP contribution in [0.1, 0.15) is 28.9 Å². The number of nitriles is 1. The minimum Gasteiger partial charge on any atom is -0.457 e. The summed E-state index contributed by atoms with van der Waals surface area (Å²) >= 11 is 0. The molecule has 23 heavy (non-hydrogen) atoms. The third-order valence-electron chi connectivity index (χ3n) is 3.68. The van der Waals surface area contributed by atoms with E-state index in [4.69, 9.17) is 4.74 Å². The SMILES string of the molecule is CC(O)CN1C(=O)c2ccc(Oc3ccccc3)cc2C1C#N. The molecule has 0 aliphatic carbocycles. The number of hydrogen-bond acceptors (Lipinski definition) is 4.